The number of ketones is 1. The molecular formula is C15H26O. The molecule has 1 nitrogen and oxygen atoms in total. The molecule has 0 heterocycles. The van der Waals surface area contributed by atoms with E-state index in [9.17, 15) is 4.79 Å². The van der Waals surface area contributed by atoms with E-state index in [1.54, 1.807) is 0 Å². The van der Waals surface area contributed by atoms with Crippen molar-refractivity contribution in [3.63, 3.8) is 0 Å². The molecule has 1 aliphatic carbocycles. The fourth-order valence-electron chi connectivity index (χ4n) is 2.74. The van der Waals surface area contributed by atoms with Gasteiger partial charge >= 0.3 is 0 Å². The Balaban J connectivity index is 2.50. The molecule has 0 fully saturated rings. The predicted octanol–water partition coefficient (Wildman–Crippen LogP) is 4.37. The largest absolute Gasteiger partial charge is 0.300 e. The zero-order valence-electron chi connectivity index (χ0n) is 11.3. The Morgan fingerprint density at radius 2 is 2.12 bits per heavy atom. The minimum Gasteiger partial charge on any atom is -0.300 e. The van der Waals surface area contributed by atoms with Gasteiger partial charge in [0.25, 0.3) is 0 Å². The lowest BCUT2D eigenvalue weighted by Crippen LogP contribution is -2.34. The highest BCUT2D eigenvalue weighted by Gasteiger charge is 2.36. The lowest BCUT2D eigenvalue weighted by atomic mass is 9.63. The first-order valence-electron chi connectivity index (χ1n) is 6.69. The lowest BCUT2D eigenvalue weighted by molar-refractivity contribution is -0.119. The van der Waals surface area contributed by atoms with Gasteiger partial charge in [-0.05, 0) is 36.5 Å². The second kappa shape index (κ2) is 5.65. The molecule has 92 valence electrons. The van der Waals surface area contributed by atoms with Gasteiger partial charge in [-0.15, -0.1) is 0 Å². The summed E-state index contributed by atoms with van der Waals surface area (Å²) in [5.41, 5.74) is 0.392. The molecule has 0 aromatic rings. The van der Waals surface area contributed by atoms with Crippen molar-refractivity contribution in [2.45, 2.75) is 59.8 Å². The topological polar surface area (TPSA) is 17.1 Å². The average molecular weight is 222 g/mol. The molecule has 0 N–H and O–H groups in total. The summed E-state index contributed by atoms with van der Waals surface area (Å²) >= 11 is 0. The first kappa shape index (κ1) is 13.5. The Bertz CT molecular complexity index is 267. The normalized spacial score (nSPS) is 34.0. The Labute approximate surface area is 100 Å². The minimum atomic E-state index is 0.392. The molecule has 0 saturated carbocycles. The van der Waals surface area contributed by atoms with E-state index < -0.39 is 0 Å². The smallest absolute Gasteiger partial charge is 0.132 e. The van der Waals surface area contributed by atoms with E-state index in [1.165, 1.54) is 12.8 Å². The number of hydrogen-bond acceptors (Lipinski definition) is 1. The quantitative estimate of drug-likeness (QED) is 0.631. The second-order valence-corrected chi connectivity index (χ2v) is 5.61. The highest BCUT2D eigenvalue weighted by molar-refractivity contribution is 5.77. The maximum absolute atomic E-state index is 11.3. The number of carbonyl (C=O) groups is 1. The summed E-state index contributed by atoms with van der Waals surface area (Å²) in [7, 11) is 0. The Morgan fingerprint density at radius 3 is 2.69 bits per heavy atom. The summed E-state index contributed by atoms with van der Waals surface area (Å²) in [5, 5.41) is 0. The molecule has 0 bridgehead atoms. The van der Waals surface area contributed by atoms with Gasteiger partial charge in [-0.2, -0.15) is 0 Å². The van der Waals surface area contributed by atoms with Gasteiger partial charge in [0.1, 0.15) is 5.78 Å². The van der Waals surface area contributed by atoms with Crippen molar-refractivity contribution in [3.8, 4) is 0 Å². The molecule has 0 spiro atoms. The van der Waals surface area contributed by atoms with Gasteiger partial charge in [0.05, 0.1) is 0 Å². The lowest BCUT2D eigenvalue weighted by Gasteiger charge is -2.42. The fourth-order valence-corrected chi connectivity index (χ4v) is 2.74. The van der Waals surface area contributed by atoms with E-state index in [0.717, 1.165) is 18.8 Å². The van der Waals surface area contributed by atoms with Gasteiger partial charge < -0.3 is 0 Å². The minimum absolute atomic E-state index is 0.392. The van der Waals surface area contributed by atoms with Crippen molar-refractivity contribution in [3.05, 3.63) is 12.2 Å². The van der Waals surface area contributed by atoms with Crippen molar-refractivity contribution in [2.75, 3.05) is 0 Å². The van der Waals surface area contributed by atoms with Gasteiger partial charge in [-0.1, -0.05) is 39.8 Å². The number of allylic oxidation sites excluding steroid dienone is 2. The molecule has 0 radical (unpaired) electrons. The van der Waals surface area contributed by atoms with Crippen LogP contribution in [0.25, 0.3) is 0 Å². The van der Waals surface area contributed by atoms with Crippen LogP contribution in [0.3, 0.4) is 0 Å². The number of hydrogen-bond donors (Lipinski definition) is 0. The average Bonchev–Trinajstić information content (AvgIpc) is 2.26. The predicted molar refractivity (Wildman–Crippen MR) is 69.3 cm³/mol. The maximum atomic E-state index is 11.3. The van der Waals surface area contributed by atoms with Crippen LogP contribution in [-0.2, 0) is 4.79 Å². The highest BCUT2D eigenvalue weighted by Crippen LogP contribution is 2.45. The molecular weight excluding hydrogens is 196 g/mol. The number of rotatable bonds is 5. The monoisotopic (exact) mass is 222 g/mol. The molecule has 3 atom stereocenters. The van der Waals surface area contributed by atoms with Crippen LogP contribution < -0.4 is 0 Å². The van der Waals surface area contributed by atoms with Crippen LogP contribution >= 0.6 is 0 Å². The van der Waals surface area contributed by atoms with E-state index in [0.29, 0.717) is 23.5 Å². The van der Waals surface area contributed by atoms with E-state index >= 15 is 0 Å². The number of carbonyl (C=O) groups excluding carboxylic acids is 1. The molecule has 0 amide bonds. The molecule has 0 aromatic carbocycles. The summed E-state index contributed by atoms with van der Waals surface area (Å²) in [6, 6.07) is 0. The molecule has 1 rings (SSSR count). The molecule has 1 aliphatic rings. The van der Waals surface area contributed by atoms with Crippen molar-refractivity contribution in [1.29, 1.82) is 0 Å². The van der Waals surface area contributed by atoms with E-state index in [-0.39, 0.29) is 0 Å². The van der Waals surface area contributed by atoms with Gasteiger partial charge in [0, 0.05) is 12.8 Å². The standard InChI is InChI=1S/C15H26O/c1-5-14(16)10-7-11-15(4)12(2)8-6-9-13(15)3/h6,8,12-13H,5,7,9-11H2,1-4H3. The summed E-state index contributed by atoms with van der Waals surface area (Å²) in [6.45, 7) is 9.01. The molecule has 0 saturated heterocycles. The van der Waals surface area contributed by atoms with E-state index in [4.69, 9.17) is 0 Å². The van der Waals surface area contributed by atoms with Gasteiger partial charge in [-0.3, -0.25) is 4.79 Å². The summed E-state index contributed by atoms with van der Waals surface area (Å²) in [5.74, 6) is 1.80. The SMILES string of the molecule is CCC(=O)CCCC1(C)C(C)C=CCC1C. The fraction of sp³-hybridized carbons (Fsp3) is 0.800. The Hall–Kier alpha value is -0.590. The Kier molecular flexibility index (Phi) is 4.76. The van der Waals surface area contributed by atoms with Gasteiger partial charge in [0.2, 0.25) is 0 Å². The summed E-state index contributed by atoms with van der Waals surface area (Å²) in [6.07, 6.45) is 9.58. The zero-order chi connectivity index (χ0) is 12.2. The molecule has 16 heavy (non-hydrogen) atoms. The first-order chi connectivity index (χ1) is 7.50. The van der Waals surface area contributed by atoms with Gasteiger partial charge in [0.15, 0.2) is 0 Å². The highest BCUT2D eigenvalue weighted by atomic mass is 16.1. The zero-order valence-corrected chi connectivity index (χ0v) is 11.3. The molecule has 3 unspecified atom stereocenters. The van der Waals surface area contributed by atoms with Crippen molar-refractivity contribution < 1.29 is 4.79 Å². The number of Topliss-reactive ketones (excluding diaryl/α,β-unsaturated/α-hetero) is 1. The van der Waals surface area contributed by atoms with Crippen molar-refractivity contribution in [2.24, 2.45) is 17.3 Å². The third-order valence-corrected chi connectivity index (χ3v) is 4.65. The van der Waals surface area contributed by atoms with E-state index in [2.05, 4.69) is 32.9 Å². The molecule has 0 aromatic heterocycles. The second-order valence-electron chi connectivity index (χ2n) is 5.61. The van der Waals surface area contributed by atoms with Crippen LogP contribution in [0.5, 0.6) is 0 Å². The maximum Gasteiger partial charge on any atom is 0.132 e. The van der Waals surface area contributed by atoms with Crippen LogP contribution in [0, 0.1) is 17.3 Å². The van der Waals surface area contributed by atoms with Crippen LogP contribution in [0.15, 0.2) is 12.2 Å². The summed E-state index contributed by atoms with van der Waals surface area (Å²) in [4.78, 5) is 11.3. The van der Waals surface area contributed by atoms with Crippen molar-refractivity contribution in [1.82, 2.24) is 0 Å². The van der Waals surface area contributed by atoms with Gasteiger partial charge in [-0.25, -0.2) is 0 Å². The molecule has 0 aliphatic heterocycles. The van der Waals surface area contributed by atoms with E-state index in [1.807, 2.05) is 6.92 Å². The van der Waals surface area contributed by atoms with Crippen molar-refractivity contribution >= 4 is 5.78 Å². The molecule has 1 heteroatoms. The van der Waals surface area contributed by atoms with Crippen LogP contribution in [0.4, 0.5) is 0 Å². The van der Waals surface area contributed by atoms with Crippen LogP contribution in [-0.4, -0.2) is 5.78 Å². The van der Waals surface area contributed by atoms with Crippen LogP contribution in [0.1, 0.15) is 59.8 Å². The Morgan fingerprint density at radius 1 is 1.44 bits per heavy atom. The summed E-state index contributed by atoms with van der Waals surface area (Å²) < 4.78 is 0. The first-order valence-corrected chi connectivity index (χ1v) is 6.69. The third-order valence-electron chi connectivity index (χ3n) is 4.65. The van der Waals surface area contributed by atoms with Crippen LogP contribution in [0.2, 0.25) is 0 Å². The third kappa shape index (κ3) is 2.96.